The van der Waals surface area contributed by atoms with E-state index in [-0.39, 0.29) is 0 Å². The van der Waals surface area contributed by atoms with Gasteiger partial charge in [-0.1, -0.05) is 11.6 Å². The normalized spacial score (nSPS) is 25.6. The Morgan fingerprint density at radius 2 is 2.50 bits per heavy atom. The summed E-state index contributed by atoms with van der Waals surface area (Å²) >= 11 is 6.04. The average molecular weight is 241 g/mol. The second-order valence-electron chi connectivity index (χ2n) is 4.25. The first-order valence-corrected chi connectivity index (χ1v) is 6.07. The third-order valence-corrected chi connectivity index (χ3v) is 3.26. The van der Waals surface area contributed by atoms with E-state index in [1.165, 1.54) is 0 Å². The van der Waals surface area contributed by atoms with E-state index in [0.29, 0.717) is 12.1 Å². The molecule has 0 saturated carbocycles. The number of rotatable bonds is 3. The Balaban J connectivity index is 1.85. The standard InChI is InChI=1S/C12H17ClN2O/c1-9-6-11(3-5-16-9)15-7-10-2-4-14-8-12(10)13/h2,4,8-9,11,15H,3,5-7H2,1H3. The molecule has 0 radical (unpaired) electrons. The van der Waals surface area contributed by atoms with E-state index in [4.69, 9.17) is 16.3 Å². The van der Waals surface area contributed by atoms with Gasteiger partial charge in [-0.3, -0.25) is 4.98 Å². The Morgan fingerprint density at radius 3 is 3.25 bits per heavy atom. The fourth-order valence-corrected chi connectivity index (χ4v) is 2.17. The second-order valence-corrected chi connectivity index (χ2v) is 4.66. The largest absolute Gasteiger partial charge is 0.378 e. The number of hydrogen-bond acceptors (Lipinski definition) is 3. The summed E-state index contributed by atoms with van der Waals surface area (Å²) in [5.74, 6) is 0. The summed E-state index contributed by atoms with van der Waals surface area (Å²) in [4.78, 5) is 3.97. The summed E-state index contributed by atoms with van der Waals surface area (Å²) in [6.07, 6.45) is 5.97. The Hall–Kier alpha value is -0.640. The van der Waals surface area contributed by atoms with Crippen molar-refractivity contribution >= 4 is 11.6 Å². The van der Waals surface area contributed by atoms with Crippen molar-refractivity contribution < 1.29 is 4.74 Å². The molecule has 0 bridgehead atoms. The lowest BCUT2D eigenvalue weighted by molar-refractivity contribution is 0.0130. The van der Waals surface area contributed by atoms with Gasteiger partial charge in [0.25, 0.3) is 0 Å². The Morgan fingerprint density at radius 1 is 1.62 bits per heavy atom. The molecule has 1 N–H and O–H groups in total. The van der Waals surface area contributed by atoms with Crippen LogP contribution in [0.5, 0.6) is 0 Å². The van der Waals surface area contributed by atoms with Crippen molar-refractivity contribution in [3.8, 4) is 0 Å². The van der Waals surface area contributed by atoms with E-state index < -0.39 is 0 Å². The monoisotopic (exact) mass is 240 g/mol. The van der Waals surface area contributed by atoms with E-state index in [9.17, 15) is 0 Å². The molecule has 2 heterocycles. The third kappa shape index (κ3) is 3.17. The molecule has 0 aromatic carbocycles. The molecule has 1 saturated heterocycles. The zero-order valence-corrected chi connectivity index (χ0v) is 10.2. The summed E-state index contributed by atoms with van der Waals surface area (Å²) in [5.41, 5.74) is 1.11. The van der Waals surface area contributed by atoms with Crippen molar-refractivity contribution in [2.24, 2.45) is 0 Å². The highest BCUT2D eigenvalue weighted by molar-refractivity contribution is 6.31. The van der Waals surface area contributed by atoms with Crippen LogP contribution in [-0.4, -0.2) is 23.7 Å². The fraction of sp³-hybridized carbons (Fsp3) is 0.583. The van der Waals surface area contributed by atoms with Gasteiger partial charge in [0, 0.05) is 31.6 Å². The Kier molecular flexibility index (Phi) is 4.16. The van der Waals surface area contributed by atoms with Crippen molar-refractivity contribution in [1.29, 1.82) is 0 Å². The van der Waals surface area contributed by atoms with Crippen molar-refractivity contribution in [2.75, 3.05) is 6.61 Å². The number of aromatic nitrogens is 1. The number of ether oxygens (including phenoxy) is 1. The topological polar surface area (TPSA) is 34.2 Å². The molecule has 0 amide bonds. The summed E-state index contributed by atoms with van der Waals surface area (Å²) in [5, 5.41) is 4.25. The van der Waals surface area contributed by atoms with Gasteiger partial charge in [-0.2, -0.15) is 0 Å². The molecule has 1 fully saturated rings. The maximum Gasteiger partial charge on any atom is 0.0634 e. The maximum absolute atomic E-state index is 6.04. The highest BCUT2D eigenvalue weighted by Crippen LogP contribution is 2.16. The Bertz CT molecular complexity index is 346. The van der Waals surface area contributed by atoms with Crippen LogP contribution < -0.4 is 5.32 Å². The van der Waals surface area contributed by atoms with Crippen LogP contribution in [0.25, 0.3) is 0 Å². The van der Waals surface area contributed by atoms with Crippen LogP contribution in [-0.2, 0) is 11.3 Å². The van der Waals surface area contributed by atoms with Gasteiger partial charge in [-0.05, 0) is 31.4 Å². The number of nitrogens with one attached hydrogen (secondary N) is 1. The van der Waals surface area contributed by atoms with Crippen molar-refractivity contribution in [3.05, 3.63) is 29.0 Å². The smallest absolute Gasteiger partial charge is 0.0634 e. The van der Waals surface area contributed by atoms with Gasteiger partial charge in [-0.25, -0.2) is 0 Å². The van der Waals surface area contributed by atoms with Crippen molar-refractivity contribution in [1.82, 2.24) is 10.3 Å². The lowest BCUT2D eigenvalue weighted by atomic mass is 10.0. The SMILES string of the molecule is CC1CC(NCc2ccncc2Cl)CCO1. The molecule has 0 spiro atoms. The van der Waals surface area contributed by atoms with Crippen LogP contribution in [0.3, 0.4) is 0 Å². The van der Waals surface area contributed by atoms with Gasteiger partial charge in [0.15, 0.2) is 0 Å². The van der Waals surface area contributed by atoms with Gasteiger partial charge in [0.1, 0.15) is 0 Å². The van der Waals surface area contributed by atoms with Crippen LogP contribution >= 0.6 is 11.6 Å². The predicted molar refractivity (Wildman–Crippen MR) is 64.5 cm³/mol. The first-order chi connectivity index (χ1) is 7.75. The first-order valence-electron chi connectivity index (χ1n) is 5.69. The molecule has 2 unspecified atom stereocenters. The number of hydrogen-bond donors (Lipinski definition) is 1. The molecular weight excluding hydrogens is 224 g/mol. The number of halogens is 1. The van der Waals surface area contributed by atoms with E-state index >= 15 is 0 Å². The molecule has 1 aromatic heterocycles. The number of nitrogens with zero attached hydrogens (tertiary/aromatic N) is 1. The highest BCUT2D eigenvalue weighted by Gasteiger charge is 2.18. The van der Waals surface area contributed by atoms with Crippen LogP contribution in [0, 0.1) is 0 Å². The van der Waals surface area contributed by atoms with Gasteiger partial charge in [-0.15, -0.1) is 0 Å². The molecule has 16 heavy (non-hydrogen) atoms. The van der Waals surface area contributed by atoms with Crippen LogP contribution in [0.15, 0.2) is 18.5 Å². The van der Waals surface area contributed by atoms with Gasteiger partial charge in [0.2, 0.25) is 0 Å². The minimum atomic E-state index is 0.360. The van der Waals surface area contributed by atoms with Crippen molar-refractivity contribution in [2.45, 2.75) is 38.5 Å². The van der Waals surface area contributed by atoms with Crippen LogP contribution in [0.4, 0.5) is 0 Å². The molecule has 2 atom stereocenters. The van der Waals surface area contributed by atoms with Gasteiger partial charge >= 0.3 is 0 Å². The van der Waals surface area contributed by atoms with E-state index in [1.807, 2.05) is 6.07 Å². The third-order valence-electron chi connectivity index (χ3n) is 2.92. The summed E-state index contributed by atoms with van der Waals surface area (Å²) < 4.78 is 5.51. The summed E-state index contributed by atoms with van der Waals surface area (Å²) in [7, 11) is 0. The molecule has 88 valence electrons. The quantitative estimate of drug-likeness (QED) is 0.881. The molecule has 4 heteroatoms. The zero-order chi connectivity index (χ0) is 11.4. The molecule has 3 nitrogen and oxygen atoms in total. The van der Waals surface area contributed by atoms with Gasteiger partial charge in [0.05, 0.1) is 11.1 Å². The molecule has 2 rings (SSSR count). The number of pyridine rings is 1. The lowest BCUT2D eigenvalue weighted by Crippen LogP contribution is -2.37. The molecule has 0 aliphatic carbocycles. The Labute approximate surface area is 101 Å². The van der Waals surface area contributed by atoms with Gasteiger partial charge < -0.3 is 10.1 Å². The van der Waals surface area contributed by atoms with Crippen LogP contribution in [0.1, 0.15) is 25.3 Å². The van der Waals surface area contributed by atoms with E-state index in [2.05, 4.69) is 17.2 Å². The highest BCUT2D eigenvalue weighted by atomic mass is 35.5. The summed E-state index contributed by atoms with van der Waals surface area (Å²) in [6.45, 7) is 3.77. The predicted octanol–water partition coefficient (Wildman–Crippen LogP) is 2.39. The van der Waals surface area contributed by atoms with E-state index in [1.54, 1.807) is 12.4 Å². The average Bonchev–Trinajstić information content (AvgIpc) is 2.28. The molecule has 1 aromatic rings. The summed E-state index contributed by atoms with van der Waals surface area (Å²) in [6, 6.07) is 2.49. The fourth-order valence-electron chi connectivity index (χ4n) is 1.99. The first kappa shape index (κ1) is 11.8. The molecule has 1 aliphatic heterocycles. The molecular formula is C12H17ClN2O. The van der Waals surface area contributed by atoms with E-state index in [0.717, 1.165) is 36.6 Å². The maximum atomic E-state index is 6.04. The van der Waals surface area contributed by atoms with Crippen LogP contribution in [0.2, 0.25) is 5.02 Å². The lowest BCUT2D eigenvalue weighted by Gasteiger charge is -2.28. The van der Waals surface area contributed by atoms with Crippen molar-refractivity contribution in [3.63, 3.8) is 0 Å². The zero-order valence-electron chi connectivity index (χ0n) is 9.45. The minimum absolute atomic E-state index is 0.360. The minimum Gasteiger partial charge on any atom is -0.378 e. The second kappa shape index (κ2) is 5.62. The molecule has 1 aliphatic rings.